The topological polar surface area (TPSA) is 59.8 Å². The molecule has 1 amide bonds. The van der Waals surface area contributed by atoms with Gasteiger partial charge in [0.15, 0.2) is 11.4 Å². The number of hydrogen-bond acceptors (Lipinski definition) is 4. The molecule has 0 saturated heterocycles. The van der Waals surface area contributed by atoms with E-state index in [1.807, 2.05) is 19.9 Å². The predicted octanol–water partition coefficient (Wildman–Crippen LogP) is 3.34. The molecule has 5 nitrogen and oxygen atoms in total. The first-order valence-corrected chi connectivity index (χ1v) is 7.59. The largest absolute Gasteiger partial charge is 0.476 e. The van der Waals surface area contributed by atoms with Crippen LogP contribution in [0.2, 0.25) is 0 Å². The number of anilines is 1. The van der Waals surface area contributed by atoms with Gasteiger partial charge in [-0.1, -0.05) is 0 Å². The van der Waals surface area contributed by atoms with E-state index in [9.17, 15) is 9.59 Å². The maximum Gasteiger partial charge on any atom is 0.270 e. The molecule has 120 valence electrons. The molecule has 1 aromatic carbocycles. The lowest BCUT2D eigenvalue weighted by molar-refractivity contribution is -0.132. The maximum atomic E-state index is 12.6. The number of likely N-dealkylation sites (N-methyl/N-ethyl adjacent to an activating group) is 1. The van der Waals surface area contributed by atoms with E-state index in [-0.39, 0.29) is 17.5 Å². The average molecular weight is 313 g/mol. The number of carbonyl (C=O) groups is 2. The van der Waals surface area contributed by atoms with E-state index in [2.05, 4.69) is 0 Å². The number of carbonyl (C=O) groups excluding carboxylic acids is 2. The van der Waals surface area contributed by atoms with Crippen LogP contribution in [-0.2, 0) is 4.79 Å². The summed E-state index contributed by atoms with van der Waals surface area (Å²) in [6.45, 7) is 7.75. The molecule has 1 aliphatic rings. The average Bonchev–Trinajstić information content (AvgIpc) is 3.02. The van der Waals surface area contributed by atoms with E-state index in [0.717, 1.165) is 5.56 Å². The molecule has 2 aromatic rings. The number of rotatable bonds is 3. The molecule has 0 aliphatic carbocycles. The number of fused-ring (bicyclic) bond motifs is 1. The van der Waals surface area contributed by atoms with Gasteiger partial charge in [0.25, 0.3) is 5.91 Å². The zero-order valence-corrected chi connectivity index (χ0v) is 13.7. The van der Waals surface area contributed by atoms with Crippen molar-refractivity contribution in [3.8, 4) is 5.75 Å². The summed E-state index contributed by atoms with van der Waals surface area (Å²) in [6, 6.07) is 6.83. The first-order chi connectivity index (χ1) is 10.8. The van der Waals surface area contributed by atoms with Crippen LogP contribution in [0.25, 0.3) is 0 Å². The van der Waals surface area contributed by atoms with Crippen LogP contribution in [-0.4, -0.2) is 23.8 Å². The Morgan fingerprint density at radius 3 is 2.65 bits per heavy atom. The Hall–Kier alpha value is -2.56. The van der Waals surface area contributed by atoms with Crippen molar-refractivity contribution >= 4 is 17.4 Å². The number of aryl methyl sites for hydroxylation is 1. The van der Waals surface area contributed by atoms with Crippen molar-refractivity contribution in [1.29, 1.82) is 0 Å². The van der Waals surface area contributed by atoms with E-state index >= 15 is 0 Å². The van der Waals surface area contributed by atoms with E-state index < -0.39 is 5.60 Å². The van der Waals surface area contributed by atoms with Crippen LogP contribution in [0.15, 0.2) is 34.9 Å². The van der Waals surface area contributed by atoms with Crippen molar-refractivity contribution in [2.24, 2.45) is 0 Å². The van der Waals surface area contributed by atoms with E-state index in [1.165, 1.54) is 6.26 Å². The summed E-state index contributed by atoms with van der Waals surface area (Å²) in [5, 5.41) is 0. The van der Waals surface area contributed by atoms with Gasteiger partial charge in [0.2, 0.25) is 5.78 Å². The Labute approximate surface area is 134 Å². The molecule has 0 bridgehead atoms. The number of nitrogens with zero attached hydrogens (tertiary/aromatic N) is 1. The summed E-state index contributed by atoms with van der Waals surface area (Å²) in [5.41, 5.74) is 0.999. The minimum absolute atomic E-state index is 0.118. The lowest BCUT2D eigenvalue weighted by atomic mass is 9.98. The zero-order valence-electron chi connectivity index (χ0n) is 13.7. The van der Waals surface area contributed by atoms with Gasteiger partial charge in [0.1, 0.15) is 5.75 Å². The van der Waals surface area contributed by atoms with Crippen LogP contribution in [0.5, 0.6) is 5.75 Å². The number of amides is 1. The van der Waals surface area contributed by atoms with Gasteiger partial charge in [0, 0.05) is 12.1 Å². The van der Waals surface area contributed by atoms with Crippen molar-refractivity contribution in [2.45, 2.75) is 33.3 Å². The van der Waals surface area contributed by atoms with Crippen LogP contribution in [0, 0.1) is 6.92 Å². The third-order valence-corrected chi connectivity index (χ3v) is 4.03. The third-order valence-electron chi connectivity index (χ3n) is 4.03. The van der Waals surface area contributed by atoms with E-state index in [0.29, 0.717) is 23.5 Å². The number of ether oxygens (including phenoxy) is 1. The molecule has 3 rings (SSSR count). The van der Waals surface area contributed by atoms with Gasteiger partial charge in [-0.25, -0.2) is 0 Å². The smallest absolute Gasteiger partial charge is 0.270 e. The SMILES string of the molecule is CCN1C(=O)C(C)(C)Oc2cc(C)c(C(=O)c3ccco3)cc21. The molecule has 0 fully saturated rings. The quantitative estimate of drug-likeness (QED) is 0.815. The van der Waals surface area contributed by atoms with Crippen molar-refractivity contribution in [3.05, 3.63) is 47.4 Å². The summed E-state index contributed by atoms with van der Waals surface area (Å²) < 4.78 is 11.0. The van der Waals surface area contributed by atoms with Crippen molar-refractivity contribution < 1.29 is 18.7 Å². The lowest BCUT2D eigenvalue weighted by Crippen LogP contribution is -2.52. The second-order valence-electron chi connectivity index (χ2n) is 6.10. The van der Waals surface area contributed by atoms with Crippen molar-refractivity contribution in [2.75, 3.05) is 11.4 Å². The second kappa shape index (κ2) is 5.26. The number of hydrogen-bond donors (Lipinski definition) is 0. The molecule has 0 N–H and O–H groups in total. The van der Waals surface area contributed by atoms with Gasteiger partial charge < -0.3 is 14.1 Å². The predicted molar refractivity (Wildman–Crippen MR) is 86.1 cm³/mol. The van der Waals surface area contributed by atoms with Crippen molar-refractivity contribution in [3.63, 3.8) is 0 Å². The molecular weight excluding hydrogens is 294 g/mol. The molecule has 0 atom stereocenters. The normalized spacial score (nSPS) is 16.0. The summed E-state index contributed by atoms with van der Waals surface area (Å²) >= 11 is 0. The van der Waals surface area contributed by atoms with Gasteiger partial charge in [-0.15, -0.1) is 0 Å². The molecular formula is C18H19NO4. The standard InChI is InChI=1S/C18H19NO4/c1-5-19-13-10-12(16(20)14-7-6-8-22-14)11(2)9-15(13)23-18(3,4)17(19)21/h6-10H,5H2,1-4H3. The van der Waals surface area contributed by atoms with Gasteiger partial charge in [-0.05, 0) is 57.5 Å². The molecule has 5 heteroatoms. The second-order valence-corrected chi connectivity index (χ2v) is 6.10. The Kier molecular flexibility index (Phi) is 3.51. The summed E-state index contributed by atoms with van der Waals surface area (Å²) in [6.07, 6.45) is 1.47. The first-order valence-electron chi connectivity index (χ1n) is 7.59. The highest BCUT2D eigenvalue weighted by Gasteiger charge is 2.40. The van der Waals surface area contributed by atoms with E-state index in [4.69, 9.17) is 9.15 Å². The lowest BCUT2D eigenvalue weighted by Gasteiger charge is -2.38. The Bertz CT molecular complexity index is 775. The maximum absolute atomic E-state index is 12.6. The minimum atomic E-state index is -0.915. The highest BCUT2D eigenvalue weighted by atomic mass is 16.5. The van der Waals surface area contributed by atoms with Gasteiger partial charge in [-0.3, -0.25) is 9.59 Å². The molecule has 0 spiro atoms. The molecule has 0 saturated carbocycles. The third kappa shape index (κ3) is 2.42. The van der Waals surface area contributed by atoms with Crippen LogP contribution in [0.3, 0.4) is 0 Å². The summed E-state index contributed by atoms with van der Waals surface area (Å²) in [7, 11) is 0. The molecule has 1 aromatic heterocycles. The van der Waals surface area contributed by atoms with Gasteiger partial charge >= 0.3 is 0 Å². The summed E-state index contributed by atoms with van der Waals surface area (Å²) in [5.74, 6) is 0.570. The zero-order chi connectivity index (χ0) is 16.8. The summed E-state index contributed by atoms with van der Waals surface area (Å²) in [4.78, 5) is 26.8. The Balaban J connectivity index is 2.12. The van der Waals surface area contributed by atoms with Crippen LogP contribution in [0.4, 0.5) is 5.69 Å². The van der Waals surface area contributed by atoms with E-state index in [1.54, 1.807) is 36.9 Å². The fourth-order valence-corrected chi connectivity index (χ4v) is 2.81. The van der Waals surface area contributed by atoms with Crippen molar-refractivity contribution in [1.82, 2.24) is 0 Å². The van der Waals surface area contributed by atoms with Gasteiger partial charge in [-0.2, -0.15) is 0 Å². The highest BCUT2D eigenvalue weighted by Crippen LogP contribution is 2.39. The monoisotopic (exact) mass is 313 g/mol. The molecule has 2 heterocycles. The Morgan fingerprint density at radius 1 is 1.30 bits per heavy atom. The molecule has 0 radical (unpaired) electrons. The van der Waals surface area contributed by atoms with Crippen LogP contribution in [0.1, 0.15) is 42.5 Å². The van der Waals surface area contributed by atoms with Crippen LogP contribution >= 0.6 is 0 Å². The Morgan fingerprint density at radius 2 is 2.04 bits per heavy atom. The molecule has 1 aliphatic heterocycles. The number of ketones is 1. The number of furan rings is 1. The molecule has 23 heavy (non-hydrogen) atoms. The highest BCUT2D eigenvalue weighted by molar-refractivity contribution is 6.10. The van der Waals surface area contributed by atoms with Crippen LogP contribution < -0.4 is 9.64 Å². The molecule has 0 unspecified atom stereocenters. The fraction of sp³-hybridized carbons (Fsp3) is 0.333. The first kappa shape index (κ1) is 15.3. The fourth-order valence-electron chi connectivity index (χ4n) is 2.81. The van der Waals surface area contributed by atoms with Gasteiger partial charge in [0.05, 0.1) is 12.0 Å². The minimum Gasteiger partial charge on any atom is -0.476 e. The number of benzene rings is 1.